The lowest BCUT2D eigenvalue weighted by molar-refractivity contribution is -0.139. The van der Waals surface area contributed by atoms with Crippen LogP contribution in [0.2, 0.25) is 30.1 Å². The van der Waals surface area contributed by atoms with Crippen LogP contribution < -0.4 is 11.1 Å². The zero-order valence-corrected chi connectivity index (χ0v) is 35.9. The van der Waals surface area contributed by atoms with Crippen molar-refractivity contribution in [3.05, 3.63) is 174 Å². The molecule has 0 heterocycles. The van der Waals surface area contributed by atoms with Crippen LogP contribution in [-0.2, 0) is 22.4 Å². The van der Waals surface area contributed by atoms with Crippen LogP contribution in [-0.4, -0.2) is 40.1 Å². The lowest BCUT2D eigenvalue weighted by atomic mass is 9.97. The Kier molecular flexibility index (Phi) is 15.5. The molecule has 0 saturated heterocycles. The maximum Gasteiger partial charge on any atom is 0.326 e. The average Bonchev–Trinajstić information content (AvgIpc) is 3.17. The monoisotopic (exact) mass is 926 g/mol. The van der Waals surface area contributed by atoms with Crippen molar-refractivity contribution >= 4 is 121 Å². The zero-order chi connectivity index (χ0) is 41.7. The molecule has 0 bridgehead atoms. The van der Waals surface area contributed by atoms with Gasteiger partial charge in [-0.15, -0.1) is 12.4 Å². The van der Waals surface area contributed by atoms with Gasteiger partial charge < -0.3 is 21.3 Å². The van der Waals surface area contributed by atoms with Crippen LogP contribution in [0.5, 0.6) is 0 Å². The van der Waals surface area contributed by atoms with Gasteiger partial charge in [0.05, 0.1) is 15.6 Å². The van der Waals surface area contributed by atoms with Gasteiger partial charge in [-0.1, -0.05) is 148 Å². The van der Waals surface area contributed by atoms with Gasteiger partial charge in [0.2, 0.25) is 0 Å². The fraction of sp³-hybridized carbons (Fsp3) is 0.0889. The van der Waals surface area contributed by atoms with Gasteiger partial charge in [-0.25, -0.2) is 4.79 Å². The molecule has 59 heavy (non-hydrogen) atoms. The third-order valence-electron chi connectivity index (χ3n) is 9.32. The number of nitrogens with two attached hydrogens (primary N) is 1. The van der Waals surface area contributed by atoms with Gasteiger partial charge in [-0.2, -0.15) is 0 Å². The maximum atomic E-state index is 12.7. The van der Waals surface area contributed by atoms with Crippen LogP contribution in [0, 0.1) is 0 Å². The molecule has 5 N–H and O–H groups in total. The predicted molar refractivity (Wildman–Crippen MR) is 244 cm³/mol. The largest absolute Gasteiger partial charge is 0.480 e. The van der Waals surface area contributed by atoms with E-state index in [1.54, 1.807) is 24.3 Å². The molecule has 0 radical (unpaired) electrons. The Morgan fingerprint density at radius 3 is 1.29 bits per heavy atom. The molecule has 0 saturated carbocycles. The second kappa shape index (κ2) is 20.1. The number of nitrogens with one attached hydrogen (secondary N) is 1. The molecular formula is C45H33Cl7N2O5. The maximum absolute atomic E-state index is 12.7. The number of carboxylic acids is 2. The van der Waals surface area contributed by atoms with Crippen LogP contribution in [0.4, 0.5) is 0 Å². The molecule has 0 aliphatic rings. The molecule has 7 aromatic rings. The van der Waals surface area contributed by atoms with Crippen molar-refractivity contribution in [1.82, 2.24) is 5.32 Å². The van der Waals surface area contributed by atoms with Gasteiger partial charge >= 0.3 is 11.9 Å². The Morgan fingerprint density at radius 2 is 0.881 bits per heavy atom. The number of fused-ring (bicyclic) bond motifs is 2. The van der Waals surface area contributed by atoms with E-state index in [1.165, 1.54) is 12.1 Å². The number of rotatable bonds is 10. The number of amides is 1. The summed E-state index contributed by atoms with van der Waals surface area (Å²) in [6.45, 7) is 0. The summed E-state index contributed by atoms with van der Waals surface area (Å²) >= 11 is 37.4. The Balaban J connectivity index is 0.000000233. The fourth-order valence-corrected chi connectivity index (χ4v) is 8.23. The number of aliphatic carboxylic acids is 2. The van der Waals surface area contributed by atoms with E-state index >= 15 is 0 Å². The molecule has 0 fully saturated rings. The van der Waals surface area contributed by atoms with Crippen molar-refractivity contribution in [3.63, 3.8) is 0 Å². The minimum Gasteiger partial charge on any atom is -0.480 e. The van der Waals surface area contributed by atoms with E-state index in [4.69, 9.17) is 80.4 Å². The van der Waals surface area contributed by atoms with Crippen molar-refractivity contribution in [3.8, 4) is 22.3 Å². The third kappa shape index (κ3) is 11.0. The zero-order valence-electron chi connectivity index (χ0n) is 30.6. The fourth-order valence-electron chi connectivity index (χ4n) is 6.42. The first-order valence-electron chi connectivity index (χ1n) is 17.6. The van der Waals surface area contributed by atoms with E-state index in [2.05, 4.69) is 5.32 Å². The minimum absolute atomic E-state index is 0. The second-order valence-corrected chi connectivity index (χ2v) is 15.7. The van der Waals surface area contributed by atoms with Crippen LogP contribution in [0.1, 0.15) is 21.5 Å². The first kappa shape index (κ1) is 45.5. The lowest BCUT2D eigenvalue weighted by Crippen LogP contribution is -2.42. The summed E-state index contributed by atoms with van der Waals surface area (Å²) in [6.07, 6.45) is 0.376. The standard InChI is InChI=1S/C26H17Cl4NO3.C19H15Cl2NO2.ClH/c27-18-3-1-4-19(28)23(18)17-10-9-15-11-14(7-8-16(15)13-17)12-22(26(33)34)31-25(32)24-20(29)5-2-6-21(24)30;20-15-2-1-3-16(21)18(15)14-7-6-12-8-11(4-5-13(12)10-14)9-17(22)19(23)24;/h1-11,13,22H,12H2,(H,31,32)(H,33,34);1-8,10,17H,9,22H2,(H,23,24);1H. The quantitative estimate of drug-likeness (QED) is 0.108. The van der Waals surface area contributed by atoms with Crippen LogP contribution >= 0.6 is 82.0 Å². The van der Waals surface area contributed by atoms with Gasteiger partial charge in [-0.05, 0) is 98.8 Å². The number of benzene rings is 7. The lowest BCUT2D eigenvalue weighted by Gasteiger charge is -2.16. The molecule has 1 amide bonds. The van der Waals surface area contributed by atoms with E-state index in [0.29, 0.717) is 26.5 Å². The molecule has 7 aromatic carbocycles. The average molecular weight is 930 g/mol. The second-order valence-electron chi connectivity index (χ2n) is 13.3. The first-order chi connectivity index (χ1) is 27.7. The molecular weight excluding hydrogens is 897 g/mol. The minimum atomic E-state index is -1.17. The Bertz CT molecular complexity index is 2650. The summed E-state index contributed by atoms with van der Waals surface area (Å²) < 4.78 is 0. The molecule has 7 nitrogen and oxygen atoms in total. The Labute approximate surface area is 376 Å². The summed E-state index contributed by atoms with van der Waals surface area (Å²) in [5.41, 5.74) is 10.6. The highest BCUT2D eigenvalue weighted by atomic mass is 35.5. The molecule has 7 rings (SSSR count). The molecule has 2 atom stereocenters. The predicted octanol–water partition coefficient (Wildman–Crippen LogP) is 12.7. The molecule has 0 spiro atoms. The molecule has 302 valence electrons. The normalized spacial score (nSPS) is 11.8. The number of halogens is 7. The highest BCUT2D eigenvalue weighted by Crippen LogP contribution is 2.37. The smallest absolute Gasteiger partial charge is 0.326 e. The van der Waals surface area contributed by atoms with Gasteiger partial charge in [0, 0.05) is 37.6 Å². The highest BCUT2D eigenvalue weighted by molar-refractivity contribution is 6.40. The van der Waals surface area contributed by atoms with Crippen molar-refractivity contribution in [2.24, 2.45) is 5.73 Å². The molecule has 2 unspecified atom stereocenters. The summed E-state index contributed by atoms with van der Waals surface area (Å²) in [5, 5.41) is 27.6. The van der Waals surface area contributed by atoms with Crippen LogP contribution in [0.15, 0.2) is 127 Å². The van der Waals surface area contributed by atoms with Gasteiger partial charge in [0.1, 0.15) is 12.1 Å². The SMILES string of the molecule is Cl.NC(Cc1ccc2cc(-c3c(Cl)cccc3Cl)ccc2c1)C(=O)O.O=C(NC(Cc1ccc2cc(-c3c(Cl)cccc3Cl)ccc2c1)C(=O)O)c1c(Cl)cccc1Cl. The first-order valence-corrected chi connectivity index (χ1v) is 19.9. The van der Waals surface area contributed by atoms with Crippen LogP contribution in [0.3, 0.4) is 0 Å². The van der Waals surface area contributed by atoms with Crippen LogP contribution in [0.25, 0.3) is 43.8 Å². The number of carbonyl (C=O) groups is 3. The van der Waals surface area contributed by atoms with Crippen molar-refractivity contribution in [2.75, 3.05) is 0 Å². The number of hydrogen-bond acceptors (Lipinski definition) is 4. The van der Waals surface area contributed by atoms with Crippen molar-refractivity contribution in [1.29, 1.82) is 0 Å². The highest BCUT2D eigenvalue weighted by Gasteiger charge is 2.24. The summed E-state index contributed by atoms with van der Waals surface area (Å²) in [7, 11) is 0. The molecule has 0 aromatic heterocycles. The van der Waals surface area contributed by atoms with Crippen molar-refractivity contribution in [2.45, 2.75) is 24.9 Å². The van der Waals surface area contributed by atoms with E-state index < -0.39 is 29.9 Å². The molecule has 0 aliphatic heterocycles. The van der Waals surface area contributed by atoms with Gasteiger partial charge in [0.15, 0.2) is 0 Å². The van der Waals surface area contributed by atoms with E-state index in [0.717, 1.165) is 54.9 Å². The number of carbonyl (C=O) groups excluding carboxylic acids is 1. The molecule has 0 aliphatic carbocycles. The van der Waals surface area contributed by atoms with E-state index in [9.17, 15) is 19.5 Å². The van der Waals surface area contributed by atoms with Crippen molar-refractivity contribution < 1.29 is 24.6 Å². The number of carboxylic acid groups (broad SMARTS) is 2. The van der Waals surface area contributed by atoms with Gasteiger partial charge in [-0.3, -0.25) is 9.59 Å². The Morgan fingerprint density at radius 1 is 0.508 bits per heavy atom. The summed E-state index contributed by atoms with van der Waals surface area (Å²) in [6, 6.07) is 36.5. The van der Waals surface area contributed by atoms with E-state index in [-0.39, 0.29) is 34.4 Å². The third-order valence-corrected chi connectivity index (χ3v) is 11.2. The van der Waals surface area contributed by atoms with E-state index in [1.807, 2.05) is 91.0 Å². The summed E-state index contributed by atoms with van der Waals surface area (Å²) in [4.78, 5) is 35.4. The summed E-state index contributed by atoms with van der Waals surface area (Å²) in [5.74, 6) is -2.82. The number of hydrogen-bond donors (Lipinski definition) is 4. The molecule has 14 heteroatoms. The van der Waals surface area contributed by atoms with Gasteiger partial charge in [0.25, 0.3) is 5.91 Å². The Hall–Kier alpha value is -4.54. The topological polar surface area (TPSA) is 130 Å².